The zero-order valence-electron chi connectivity index (χ0n) is 16.6. The van der Waals surface area contributed by atoms with E-state index in [1.165, 1.54) is 0 Å². The number of benzene rings is 1. The van der Waals surface area contributed by atoms with E-state index >= 15 is 0 Å². The Bertz CT molecular complexity index is 521. The molecule has 0 aromatic heterocycles. The second-order valence-corrected chi connectivity index (χ2v) is 6.72. The first-order chi connectivity index (χ1) is 12.5. The highest BCUT2D eigenvalue weighted by molar-refractivity contribution is 5.79. The molecule has 26 heavy (non-hydrogen) atoms. The number of aryl methyl sites for hydroxylation is 1. The molecule has 1 aromatic rings. The number of hydrogen-bond donors (Lipinski definition) is 3. The van der Waals surface area contributed by atoms with Crippen LogP contribution in [-0.4, -0.2) is 56.6 Å². The quantitative estimate of drug-likeness (QED) is 0.301. The van der Waals surface area contributed by atoms with E-state index in [0.717, 1.165) is 30.9 Å². The smallest absolute Gasteiger partial charge is 0.191 e. The lowest BCUT2D eigenvalue weighted by molar-refractivity contribution is 0.114. The number of ether oxygens (including phenoxy) is 2. The molecule has 0 spiro atoms. The van der Waals surface area contributed by atoms with Crippen LogP contribution in [-0.2, 0) is 4.74 Å². The molecule has 6 nitrogen and oxygen atoms in total. The first kappa shape index (κ1) is 22.3. The Morgan fingerprint density at radius 2 is 2.04 bits per heavy atom. The van der Waals surface area contributed by atoms with Crippen molar-refractivity contribution in [1.29, 1.82) is 0 Å². The molecule has 6 heteroatoms. The van der Waals surface area contributed by atoms with Crippen LogP contribution in [0.4, 0.5) is 0 Å². The number of rotatable bonds is 12. The van der Waals surface area contributed by atoms with Crippen molar-refractivity contribution in [2.75, 3.05) is 39.5 Å². The van der Waals surface area contributed by atoms with Gasteiger partial charge in [-0.3, -0.25) is 4.99 Å². The third-order valence-electron chi connectivity index (χ3n) is 3.61. The second kappa shape index (κ2) is 13.4. The molecule has 1 rings (SSSR count). The maximum absolute atomic E-state index is 10.1. The van der Waals surface area contributed by atoms with E-state index in [2.05, 4.69) is 29.5 Å². The maximum atomic E-state index is 10.1. The maximum Gasteiger partial charge on any atom is 0.191 e. The summed E-state index contributed by atoms with van der Waals surface area (Å²) in [6.45, 7) is 11.7. The van der Waals surface area contributed by atoms with Crippen molar-refractivity contribution in [3.8, 4) is 5.75 Å². The fourth-order valence-electron chi connectivity index (χ4n) is 2.15. The summed E-state index contributed by atoms with van der Waals surface area (Å²) < 4.78 is 11.2. The van der Waals surface area contributed by atoms with Crippen molar-refractivity contribution in [3.05, 3.63) is 29.8 Å². The van der Waals surface area contributed by atoms with E-state index in [-0.39, 0.29) is 13.2 Å². The normalized spacial score (nSPS) is 12.9. The zero-order chi connectivity index (χ0) is 19.2. The summed E-state index contributed by atoms with van der Waals surface area (Å²) in [6.07, 6.45) is 0.412. The largest absolute Gasteiger partial charge is 0.491 e. The van der Waals surface area contributed by atoms with Crippen molar-refractivity contribution >= 4 is 5.96 Å². The Hall–Kier alpha value is -1.79. The monoisotopic (exact) mass is 365 g/mol. The molecule has 1 aromatic carbocycles. The van der Waals surface area contributed by atoms with Crippen LogP contribution in [0.2, 0.25) is 0 Å². The molecule has 0 fully saturated rings. The predicted octanol–water partition coefficient (Wildman–Crippen LogP) is 2.35. The molecule has 0 aliphatic rings. The van der Waals surface area contributed by atoms with Crippen LogP contribution < -0.4 is 15.4 Å². The zero-order valence-corrected chi connectivity index (χ0v) is 16.6. The highest BCUT2D eigenvalue weighted by Crippen LogP contribution is 2.12. The van der Waals surface area contributed by atoms with Crippen LogP contribution in [0.3, 0.4) is 0 Å². The molecule has 0 saturated carbocycles. The fourth-order valence-corrected chi connectivity index (χ4v) is 2.15. The Kier molecular flexibility index (Phi) is 11.5. The van der Waals surface area contributed by atoms with Crippen molar-refractivity contribution in [2.24, 2.45) is 10.9 Å². The van der Waals surface area contributed by atoms with Gasteiger partial charge in [0.05, 0.1) is 13.2 Å². The molecule has 0 amide bonds. The van der Waals surface area contributed by atoms with E-state index in [4.69, 9.17) is 9.47 Å². The van der Waals surface area contributed by atoms with Gasteiger partial charge in [-0.2, -0.15) is 0 Å². The minimum atomic E-state index is -0.659. The Morgan fingerprint density at radius 1 is 1.23 bits per heavy atom. The van der Waals surface area contributed by atoms with Gasteiger partial charge in [-0.15, -0.1) is 0 Å². The predicted molar refractivity (Wildman–Crippen MR) is 107 cm³/mol. The van der Waals surface area contributed by atoms with E-state index < -0.39 is 6.10 Å². The van der Waals surface area contributed by atoms with Crippen LogP contribution in [0.25, 0.3) is 0 Å². The van der Waals surface area contributed by atoms with Gasteiger partial charge < -0.3 is 25.2 Å². The Morgan fingerprint density at radius 3 is 2.73 bits per heavy atom. The molecule has 1 unspecified atom stereocenters. The van der Waals surface area contributed by atoms with Crippen LogP contribution in [0.1, 0.15) is 32.8 Å². The Labute approximate surface area is 158 Å². The van der Waals surface area contributed by atoms with Crippen molar-refractivity contribution < 1.29 is 14.6 Å². The van der Waals surface area contributed by atoms with Crippen molar-refractivity contribution in [3.63, 3.8) is 0 Å². The number of hydrogen-bond acceptors (Lipinski definition) is 4. The number of aliphatic hydroxyl groups excluding tert-OH is 1. The molecule has 0 aliphatic heterocycles. The molecule has 0 heterocycles. The summed E-state index contributed by atoms with van der Waals surface area (Å²) in [4.78, 5) is 4.40. The van der Waals surface area contributed by atoms with Gasteiger partial charge in [0.2, 0.25) is 0 Å². The lowest BCUT2D eigenvalue weighted by Gasteiger charge is -2.14. The summed E-state index contributed by atoms with van der Waals surface area (Å²) in [5, 5.41) is 16.4. The van der Waals surface area contributed by atoms with Gasteiger partial charge in [0, 0.05) is 19.7 Å². The lowest BCUT2D eigenvalue weighted by Crippen LogP contribution is -2.39. The number of aliphatic imine (C=N–C) groups is 1. The molecule has 0 aliphatic carbocycles. The molecule has 0 radical (unpaired) electrons. The summed E-state index contributed by atoms with van der Waals surface area (Å²) >= 11 is 0. The van der Waals surface area contributed by atoms with E-state index in [1.807, 2.05) is 38.1 Å². The molecule has 3 N–H and O–H groups in total. The highest BCUT2D eigenvalue weighted by Gasteiger charge is 2.06. The molecule has 0 bridgehead atoms. The molecular formula is C20H35N3O3. The average Bonchev–Trinajstić information content (AvgIpc) is 2.60. The lowest BCUT2D eigenvalue weighted by atomic mass is 10.1. The van der Waals surface area contributed by atoms with Crippen LogP contribution in [0.15, 0.2) is 29.3 Å². The SMILES string of the molecule is CCNC(=NCC(O)COc1cccc(C)c1)NCCOCCC(C)C. The molecular weight excluding hydrogens is 330 g/mol. The average molecular weight is 366 g/mol. The molecule has 1 atom stereocenters. The van der Waals surface area contributed by atoms with Gasteiger partial charge in [0.1, 0.15) is 18.5 Å². The van der Waals surface area contributed by atoms with Crippen molar-refractivity contribution in [1.82, 2.24) is 10.6 Å². The Balaban J connectivity index is 2.28. The van der Waals surface area contributed by atoms with E-state index in [9.17, 15) is 5.11 Å². The van der Waals surface area contributed by atoms with Crippen LogP contribution in [0, 0.1) is 12.8 Å². The van der Waals surface area contributed by atoms with Gasteiger partial charge in [-0.05, 0) is 43.9 Å². The summed E-state index contributed by atoms with van der Waals surface area (Å²) in [7, 11) is 0. The third-order valence-corrected chi connectivity index (χ3v) is 3.61. The fraction of sp³-hybridized carbons (Fsp3) is 0.650. The first-order valence-electron chi connectivity index (χ1n) is 9.48. The number of nitrogens with one attached hydrogen (secondary N) is 2. The van der Waals surface area contributed by atoms with Gasteiger partial charge >= 0.3 is 0 Å². The van der Waals surface area contributed by atoms with Gasteiger partial charge in [-0.1, -0.05) is 26.0 Å². The highest BCUT2D eigenvalue weighted by atomic mass is 16.5. The van der Waals surface area contributed by atoms with Gasteiger partial charge in [-0.25, -0.2) is 0 Å². The molecule has 0 saturated heterocycles. The summed E-state index contributed by atoms with van der Waals surface area (Å²) in [6, 6.07) is 7.77. The number of aliphatic hydroxyl groups is 1. The van der Waals surface area contributed by atoms with E-state index in [1.54, 1.807) is 0 Å². The van der Waals surface area contributed by atoms with Crippen LogP contribution >= 0.6 is 0 Å². The van der Waals surface area contributed by atoms with E-state index in [0.29, 0.717) is 25.0 Å². The first-order valence-corrected chi connectivity index (χ1v) is 9.48. The number of guanidine groups is 1. The molecule has 148 valence electrons. The van der Waals surface area contributed by atoms with Crippen molar-refractivity contribution in [2.45, 2.75) is 40.2 Å². The topological polar surface area (TPSA) is 75.1 Å². The number of nitrogens with zero attached hydrogens (tertiary/aromatic N) is 1. The minimum Gasteiger partial charge on any atom is -0.491 e. The van der Waals surface area contributed by atoms with Gasteiger partial charge in [0.25, 0.3) is 0 Å². The third kappa shape index (κ3) is 10.9. The summed E-state index contributed by atoms with van der Waals surface area (Å²) in [5.41, 5.74) is 1.13. The second-order valence-electron chi connectivity index (χ2n) is 6.72. The van der Waals surface area contributed by atoms with Gasteiger partial charge in [0.15, 0.2) is 5.96 Å². The minimum absolute atomic E-state index is 0.213. The standard InChI is InChI=1S/C20H35N3O3/c1-5-21-20(22-10-12-25-11-9-16(2)3)23-14-18(24)15-26-19-8-6-7-17(4)13-19/h6-8,13,16,18,24H,5,9-12,14-15H2,1-4H3,(H2,21,22,23). The summed E-state index contributed by atoms with van der Waals surface area (Å²) in [5.74, 6) is 2.09. The van der Waals surface area contributed by atoms with Crippen LogP contribution in [0.5, 0.6) is 5.75 Å².